The lowest BCUT2D eigenvalue weighted by Crippen LogP contribution is -2.44. The van der Waals surface area contributed by atoms with Gasteiger partial charge in [-0.05, 0) is 30.4 Å². The molecule has 21 heavy (non-hydrogen) atoms. The summed E-state index contributed by atoms with van der Waals surface area (Å²) in [5.74, 6) is 0.516. The lowest BCUT2D eigenvalue weighted by molar-refractivity contribution is -0.142. The number of rotatable bonds is 4. The minimum atomic E-state index is -0.162. The molecule has 1 aromatic heterocycles. The third-order valence-corrected chi connectivity index (χ3v) is 4.27. The van der Waals surface area contributed by atoms with E-state index < -0.39 is 0 Å². The van der Waals surface area contributed by atoms with Crippen molar-refractivity contribution in [2.24, 2.45) is 11.8 Å². The Hall–Kier alpha value is -1.91. The van der Waals surface area contributed by atoms with E-state index in [2.05, 4.69) is 11.9 Å². The molecule has 2 heterocycles. The van der Waals surface area contributed by atoms with Crippen molar-refractivity contribution in [1.29, 1.82) is 0 Å². The summed E-state index contributed by atoms with van der Waals surface area (Å²) in [7, 11) is 1.42. The Bertz CT molecular complexity index is 490. The first kappa shape index (κ1) is 15.5. The predicted molar refractivity (Wildman–Crippen MR) is 78.7 cm³/mol. The topological polar surface area (TPSA) is 59.5 Å². The highest BCUT2D eigenvalue weighted by Gasteiger charge is 2.32. The summed E-state index contributed by atoms with van der Waals surface area (Å²) in [5.41, 5.74) is 0.624. The molecule has 2 rings (SSSR count). The van der Waals surface area contributed by atoms with Crippen molar-refractivity contribution in [3.63, 3.8) is 0 Å². The molecule has 114 valence electrons. The fourth-order valence-corrected chi connectivity index (χ4v) is 2.97. The molecule has 0 radical (unpaired) electrons. The van der Waals surface area contributed by atoms with Gasteiger partial charge in [0, 0.05) is 31.9 Å². The monoisotopic (exact) mass is 290 g/mol. The summed E-state index contributed by atoms with van der Waals surface area (Å²) in [6, 6.07) is 3.56. The molecule has 0 bridgehead atoms. The van der Waals surface area contributed by atoms with Gasteiger partial charge in [-0.15, -0.1) is 0 Å². The highest BCUT2D eigenvalue weighted by Crippen LogP contribution is 2.29. The highest BCUT2D eigenvalue weighted by atomic mass is 16.5. The first-order chi connectivity index (χ1) is 10.2. The number of nitrogens with zero attached hydrogens (tertiary/aromatic N) is 2. The van der Waals surface area contributed by atoms with Crippen LogP contribution in [0.5, 0.6) is 0 Å². The van der Waals surface area contributed by atoms with Crippen LogP contribution in [0.3, 0.4) is 0 Å². The van der Waals surface area contributed by atoms with E-state index >= 15 is 0 Å². The minimum Gasteiger partial charge on any atom is -0.469 e. The summed E-state index contributed by atoms with van der Waals surface area (Å²) in [4.78, 5) is 29.8. The van der Waals surface area contributed by atoms with Gasteiger partial charge in [0.25, 0.3) is 5.91 Å². The molecular formula is C16H22N2O3. The van der Waals surface area contributed by atoms with Gasteiger partial charge < -0.3 is 9.64 Å². The standard InChI is InChI=1S/C16H22N2O3/c1-3-12-11-18(8-6-13(12)9-15(19)21-2)16(20)14-5-4-7-17-10-14/h4-5,7,10,12-13H,3,6,8-9,11H2,1-2H3. The van der Waals surface area contributed by atoms with E-state index in [4.69, 9.17) is 4.74 Å². The molecule has 1 aliphatic heterocycles. The van der Waals surface area contributed by atoms with Crippen LogP contribution in [0.1, 0.15) is 36.5 Å². The highest BCUT2D eigenvalue weighted by molar-refractivity contribution is 5.93. The van der Waals surface area contributed by atoms with Gasteiger partial charge in [0.1, 0.15) is 0 Å². The van der Waals surface area contributed by atoms with Crippen molar-refractivity contribution in [2.45, 2.75) is 26.2 Å². The van der Waals surface area contributed by atoms with E-state index in [1.807, 2.05) is 4.90 Å². The molecule has 1 aliphatic rings. The third-order valence-electron chi connectivity index (χ3n) is 4.27. The Morgan fingerprint density at radius 1 is 1.43 bits per heavy atom. The maximum Gasteiger partial charge on any atom is 0.305 e. The zero-order chi connectivity index (χ0) is 15.2. The number of likely N-dealkylation sites (tertiary alicyclic amines) is 1. The van der Waals surface area contributed by atoms with E-state index in [0.29, 0.717) is 36.9 Å². The average molecular weight is 290 g/mol. The smallest absolute Gasteiger partial charge is 0.305 e. The van der Waals surface area contributed by atoms with Gasteiger partial charge in [-0.2, -0.15) is 0 Å². The first-order valence-corrected chi connectivity index (χ1v) is 7.41. The van der Waals surface area contributed by atoms with Gasteiger partial charge >= 0.3 is 5.97 Å². The lowest BCUT2D eigenvalue weighted by Gasteiger charge is -2.38. The number of pyridine rings is 1. The van der Waals surface area contributed by atoms with Crippen molar-refractivity contribution in [2.75, 3.05) is 20.2 Å². The van der Waals surface area contributed by atoms with Gasteiger partial charge in [-0.3, -0.25) is 14.6 Å². The second-order valence-corrected chi connectivity index (χ2v) is 5.49. The summed E-state index contributed by atoms with van der Waals surface area (Å²) >= 11 is 0. The molecule has 5 nitrogen and oxygen atoms in total. The number of ether oxygens (including phenoxy) is 1. The van der Waals surface area contributed by atoms with Crippen LogP contribution < -0.4 is 0 Å². The minimum absolute atomic E-state index is 0.0260. The van der Waals surface area contributed by atoms with Crippen LogP contribution >= 0.6 is 0 Å². The summed E-state index contributed by atoms with van der Waals surface area (Å²) in [6.45, 7) is 3.49. The van der Waals surface area contributed by atoms with E-state index in [1.165, 1.54) is 7.11 Å². The number of hydrogen-bond donors (Lipinski definition) is 0. The molecule has 0 saturated carbocycles. The van der Waals surface area contributed by atoms with Crippen LogP contribution in [0.4, 0.5) is 0 Å². The second-order valence-electron chi connectivity index (χ2n) is 5.49. The number of aromatic nitrogens is 1. The summed E-state index contributed by atoms with van der Waals surface area (Å²) < 4.78 is 4.76. The zero-order valence-electron chi connectivity index (χ0n) is 12.6. The summed E-state index contributed by atoms with van der Waals surface area (Å²) in [5, 5.41) is 0. The van der Waals surface area contributed by atoms with E-state index in [-0.39, 0.29) is 11.9 Å². The number of piperidine rings is 1. The van der Waals surface area contributed by atoms with Crippen molar-refractivity contribution in [3.05, 3.63) is 30.1 Å². The lowest BCUT2D eigenvalue weighted by atomic mass is 9.81. The van der Waals surface area contributed by atoms with Crippen LogP contribution in [-0.2, 0) is 9.53 Å². The van der Waals surface area contributed by atoms with Gasteiger partial charge in [0.2, 0.25) is 0 Å². The molecule has 0 spiro atoms. The number of amides is 1. The number of esters is 1. The largest absolute Gasteiger partial charge is 0.469 e. The van der Waals surface area contributed by atoms with Gasteiger partial charge in [-0.1, -0.05) is 13.3 Å². The molecule has 1 aromatic rings. The molecule has 1 amide bonds. The average Bonchev–Trinajstić information content (AvgIpc) is 2.55. The third kappa shape index (κ3) is 3.80. The quantitative estimate of drug-likeness (QED) is 0.797. The molecule has 1 fully saturated rings. The Balaban J connectivity index is 2.00. The Morgan fingerprint density at radius 2 is 2.24 bits per heavy atom. The van der Waals surface area contributed by atoms with Crippen LogP contribution in [0.25, 0.3) is 0 Å². The molecule has 2 atom stereocenters. The Morgan fingerprint density at radius 3 is 2.86 bits per heavy atom. The molecule has 0 aromatic carbocycles. The van der Waals surface area contributed by atoms with Gasteiger partial charge in [0.15, 0.2) is 0 Å². The predicted octanol–water partition coefficient (Wildman–Crippen LogP) is 2.13. The Labute approximate surface area is 125 Å². The number of hydrogen-bond acceptors (Lipinski definition) is 4. The second kappa shape index (κ2) is 7.20. The molecule has 2 unspecified atom stereocenters. The fourth-order valence-electron chi connectivity index (χ4n) is 2.97. The van der Waals surface area contributed by atoms with Crippen LogP contribution in [0.15, 0.2) is 24.5 Å². The van der Waals surface area contributed by atoms with Crippen LogP contribution in [0, 0.1) is 11.8 Å². The van der Waals surface area contributed by atoms with Crippen molar-refractivity contribution >= 4 is 11.9 Å². The fraction of sp³-hybridized carbons (Fsp3) is 0.562. The SMILES string of the molecule is CCC1CN(C(=O)c2cccnc2)CCC1CC(=O)OC. The first-order valence-electron chi connectivity index (χ1n) is 7.41. The number of methoxy groups -OCH3 is 1. The normalized spacial score (nSPS) is 21.9. The van der Waals surface area contributed by atoms with Crippen molar-refractivity contribution in [3.8, 4) is 0 Å². The van der Waals surface area contributed by atoms with Crippen LogP contribution in [0.2, 0.25) is 0 Å². The zero-order valence-corrected chi connectivity index (χ0v) is 12.6. The van der Waals surface area contributed by atoms with E-state index in [0.717, 1.165) is 12.8 Å². The summed E-state index contributed by atoms with van der Waals surface area (Å²) in [6.07, 6.45) is 5.51. The molecule has 0 N–H and O–H groups in total. The van der Waals surface area contributed by atoms with Crippen LogP contribution in [-0.4, -0.2) is 42.0 Å². The van der Waals surface area contributed by atoms with Gasteiger partial charge in [-0.25, -0.2) is 0 Å². The van der Waals surface area contributed by atoms with Crippen molar-refractivity contribution in [1.82, 2.24) is 9.88 Å². The number of carbonyl (C=O) groups excluding carboxylic acids is 2. The van der Waals surface area contributed by atoms with E-state index in [9.17, 15) is 9.59 Å². The molecule has 5 heteroatoms. The molecule has 0 aliphatic carbocycles. The maximum absolute atomic E-state index is 12.4. The van der Waals surface area contributed by atoms with E-state index in [1.54, 1.807) is 24.5 Å². The maximum atomic E-state index is 12.4. The van der Waals surface area contributed by atoms with Crippen molar-refractivity contribution < 1.29 is 14.3 Å². The Kier molecular flexibility index (Phi) is 5.31. The molecular weight excluding hydrogens is 268 g/mol. The van der Waals surface area contributed by atoms with Gasteiger partial charge in [0.05, 0.1) is 12.7 Å². The molecule has 1 saturated heterocycles. The number of carbonyl (C=O) groups is 2.